The first kappa shape index (κ1) is 14.7. The molecule has 1 aromatic heterocycles. The van der Waals surface area contributed by atoms with Crippen molar-refractivity contribution < 1.29 is 9.18 Å². The van der Waals surface area contributed by atoms with Crippen molar-refractivity contribution in [2.75, 3.05) is 20.1 Å². The van der Waals surface area contributed by atoms with Gasteiger partial charge in [0.15, 0.2) is 5.43 Å². The molecule has 1 atom stereocenters. The van der Waals surface area contributed by atoms with Crippen LogP contribution in [0.15, 0.2) is 29.1 Å². The zero-order chi connectivity index (χ0) is 15.9. The van der Waals surface area contributed by atoms with Crippen LogP contribution in [-0.2, 0) is 11.3 Å². The van der Waals surface area contributed by atoms with Gasteiger partial charge in [-0.3, -0.25) is 14.5 Å². The third kappa shape index (κ3) is 2.50. The van der Waals surface area contributed by atoms with E-state index in [2.05, 4.69) is 4.98 Å². The van der Waals surface area contributed by atoms with E-state index < -0.39 is 5.82 Å². The number of aromatic amines is 1. The van der Waals surface area contributed by atoms with Crippen LogP contribution in [-0.4, -0.2) is 46.9 Å². The third-order valence-electron chi connectivity index (χ3n) is 4.25. The maximum Gasteiger partial charge on any atom is 0.239 e. The number of benzene rings is 1. The molecule has 0 radical (unpaired) electrons. The summed E-state index contributed by atoms with van der Waals surface area (Å²) in [6.07, 6.45) is 0. The molecule has 0 aliphatic carbocycles. The second-order valence-electron chi connectivity index (χ2n) is 5.73. The summed E-state index contributed by atoms with van der Waals surface area (Å²) in [6, 6.07) is 5.68. The van der Waals surface area contributed by atoms with Crippen molar-refractivity contribution in [3.05, 3.63) is 46.0 Å². The predicted octanol–water partition coefficient (Wildman–Crippen LogP) is 1.33. The van der Waals surface area contributed by atoms with Gasteiger partial charge in [0.25, 0.3) is 0 Å². The Morgan fingerprint density at radius 3 is 2.86 bits per heavy atom. The second kappa shape index (κ2) is 5.53. The molecule has 1 amide bonds. The molecule has 6 heteroatoms. The van der Waals surface area contributed by atoms with Crippen molar-refractivity contribution in [1.82, 2.24) is 14.8 Å². The van der Waals surface area contributed by atoms with Gasteiger partial charge in [0.05, 0.1) is 11.6 Å². The number of aromatic nitrogens is 1. The lowest BCUT2D eigenvalue weighted by atomic mass is 10.1. The third-order valence-corrected chi connectivity index (χ3v) is 4.25. The Bertz CT molecular complexity index is 787. The van der Waals surface area contributed by atoms with E-state index in [0.29, 0.717) is 24.2 Å². The standard InChI is InChI=1S/C16H18FN3O2/c1-10-16(22)19(2)6-7-20(10)9-11-8-14(21)12-4-3-5-13(17)15(12)18-11/h3-5,8,10H,6-7,9H2,1-2H3,(H,18,21). The Kier molecular flexibility index (Phi) is 3.70. The number of carbonyl (C=O) groups is 1. The highest BCUT2D eigenvalue weighted by molar-refractivity contribution is 5.82. The van der Waals surface area contributed by atoms with Crippen LogP contribution >= 0.6 is 0 Å². The number of fused-ring (bicyclic) bond motifs is 1. The van der Waals surface area contributed by atoms with Crippen LogP contribution in [0.25, 0.3) is 10.9 Å². The Labute approximate surface area is 127 Å². The van der Waals surface area contributed by atoms with Crippen molar-refractivity contribution >= 4 is 16.8 Å². The summed E-state index contributed by atoms with van der Waals surface area (Å²) in [7, 11) is 1.78. The van der Waals surface area contributed by atoms with E-state index in [9.17, 15) is 14.0 Å². The Morgan fingerprint density at radius 1 is 1.32 bits per heavy atom. The molecule has 1 aliphatic heterocycles. The highest BCUT2D eigenvalue weighted by Gasteiger charge is 2.29. The van der Waals surface area contributed by atoms with Gasteiger partial charge in [-0.25, -0.2) is 4.39 Å². The number of hydrogen-bond donors (Lipinski definition) is 1. The molecule has 0 saturated carbocycles. The predicted molar refractivity (Wildman–Crippen MR) is 82.0 cm³/mol. The van der Waals surface area contributed by atoms with E-state index >= 15 is 0 Å². The number of likely N-dealkylation sites (N-methyl/N-ethyl adjacent to an activating group) is 1. The summed E-state index contributed by atoms with van der Waals surface area (Å²) in [5, 5.41) is 0.339. The van der Waals surface area contributed by atoms with Gasteiger partial charge < -0.3 is 9.88 Å². The number of piperazine rings is 1. The number of nitrogens with zero attached hydrogens (tertiary/aromatic N) is 2. The minimum absolute atomic E-state index is 0.0561. The summed E-state index contributed by atoms with van der Waals surface area (Å²) < 4.78 is 13.9. The normalized spacial score (nSPS) is 19.9. The number of amides is 1. The Morgan fingerprint density at radius 2 is 2.09 bits per heavy atom. The lowest BCUT2D eigenvalue weighted by Gasteiger charge is -2.37. The van der Waals surface area contributed by atoms with Crippen LogP contribution in [0.4, 0.5) is 4.39 Å². The minimum Gasteiger partial charge on any atom is -0.355 e. The molecule has 2 aromatic rings. The van der Waals surface area contributed by atoms with Crippen molar-refractivity contribution in [2.45, 2.75) is 19.5 Å². The molecule has 1 unspecified atom stereocenters. The summed E-state index contributed by atoms with van der Waals surface area (Å²) in [4.78, 5) is 30.8. The zero-order valence-corrected chi connectivity index (χ0v) is 12.6. The lowest BCUT2D eigenvalue weighted by Crippen LogP contribution is -2.53. The summed E-state index contributed by atoms with van der Waals surface area (Å²) in [5.74, 6) is -0.389. The second-order valence-corrected chi connectivity index (χ2v) is 5.73. The number of H-pyrrole nitrogens is 1. The molecule has 1 fully saturated rings. The first-order chi connectivity index (χ1) is 10.5. The van der Waals surface area contributed by atoms with Gasteiger partial charge >= 0.3 is 0 Å². The van der Waals surface area contributed by atoms with Gasteiger partial charge in [-0.2, -0.15) is 0 Å². The van der Waals surface area contributed by atoms with Crippen LogP contribution < -0.4 is 5.43 Å². The quantitative estimate of drug-likeness (QED) is 0.910. The fourth-order valence-corrected chi connectivity index (χ4v) is 2.87. The smallest absolute Gasteiger partial charge is 0.239 e. The van der Waals surface area contributed by atoms with Crippen LogP contribution in [0, 0.1) is 5.82 Å². The molecule has 1 saturated heterocycles. The number of halogens is 1. The van der Waals surface area contributed by atoms with E-state index in [1.807, 2.05) is 11.8 Å². The van der Waals surface area contributed by atoms with Crippen molar-refractivity contribution in [1.29, 1.82) is 0 Å². The van der Waals surface area contributed by atoms with E-state index in [1.54, 1.807) is 18.0 Å². The van der Waals surface area contributed by atoms with Crippen LogP contribution in [0.5, 0.6) is 0 Å². The molecule has 116 valence electrons. The average Bonchev–Trinajstić information content (AvgIpc) is 2.49. The molecule has 1 aliphatic rings. The number of rotatable bonds is 2. The van der Waals surface area contributed by atoms with Gasteiger partial charge in [0.2, 0.25) is 5.91 Å². The SMILES string of the molecule is CC1C(=O)N(C)CCN1Cc1cc(=O)c2cccc(F)c2[nH]1. The van der Waals surface area contributed by atoms with Crippen molar-refractivity contribution in [3.8, 4) is 0 Å². The topological polar surface area (TPSA) is 56.4 Å². The Hall–Kier alpha value is -2.21. The summed E-state index contributed by atoms with van der Waals surface area (Å²) >= 11 is 0. The molecule has 2 heterocycles. The number of nitrogens with one attached hydrogen (secondary N) is 1. The monoisotopic (exact) mass is 303 g/mol. The average molecular weight is 303 g/mol. The van der Waals surface area contributed by atoms with Crippen LogP contribution in [0.2, 0.25) is 0 Å². The first-order valence-corrected chi connectivity index (χ1v) is 7.27. The van der Waals surface area contributed by atoms with Gasteiger partial charge in [-0.1, -0.05) is 6.07 Å². The molecule has 1 N–H and O–H groups in total. The Balaban J connectivity index is 1.93. The van der Waals surface area contributed by atoms with Crippen molar-refractivity contribution in [3.63, 3.8) is 0 Å². The zero-order valence-electron chi connectivity index (χ0n) is 12.6. The number of carbonyl (C=O) groups excluding carboxylic acids is 1. The van der Waals surface area contributed by atoms with Crippen LogP contribution in [0.3, 0.4) is 0 Å². The summed E-state index contributed by atoms with van der Waals surface area (Å²) in [5.41, 5.74) is 0.626. The molecular formula is C16H18FN3O2. The molecule has 5 nitrogen and oxygen atoms in total. The molecule has 0 bridgehead atoms. The molecule has 22 heavy (non-hydrogen) atoms. The first-order valence-electron chi connectivity index (χ1n) is 7.27. The molecule has 3 rings (SSSR count). The van der Waals surface area contributed by atoms with Crippen LogP contribution in [0.1, 0.15) is 12.6 Å². The van der Waals surface area contributed by atoms with Gasteiger partial charge in [-0.05, 0) is 19.1 Å². The molecular weight excluding hydrogens is 285 g/mol. The van der Waals surface area contributed by atoms with E-state index in [4.69, 9.17) is 0 Å². The maximum atomic E-state index is 13.9. The maximum absolute atomic E-state index is 13.9. The fraction of sp³-hybridized carbons (Fsp3) is 0.375. The van der Waals surface area contributed by atoms with E-state index in [0.717, 1.165) is 6.54 Å². The minimum atomic E-state index is -0.445. The highest BCUT2D eigenvalue weighted by atomic mass is 19.1. The molecule has 1 aromatic carbocycles. The van der Waals surface area contributed by atoms with Gasteiger partial charge in [0, 0.05) is 43.8 Å². The number of para-hydroxylation sites is 1. The van der Waals surface area contributed by atoms with Gasteiger partial charge in [-0.15, -0.1) is 0 Å². The highest BCUT2D eigenvalue weighted by Crippen LogP contribution is 2.16. The van der Waals surface area contributed by atoms with Crippen molar-refractivity contribution in [2.24, 2.45) is 0 Å². The van der Waals surface area contributed by atoms with E-state index in [1.165, 1.54) is 18.2 Å². The lowest BCUT2D eigenvalue weighted by molar-refractivity contribution is -0.139. The summed E-state index contributed by atoms with van der Waals surface area (Å²) in [6.45, 7) is 3.63. The number of hydrogen-bond acceptors (Lipinski definition) is 3. The molecule has 0 spiro atoms. The van der Waals surface area contributed by atoms with Gasteiger partial charge in [0.1, 0.15) is 5.82 Å². The largest absolute Gasteiger partial charge is 0.355 e. The number of pyridine rings is 1. The van der Waals surface area contributed by atoms with E-state index in [-0.39, 0.29) is 22.9 Å². The fourth-order valence-electron chi connectivity index (χ4n) is 2.87.